The van der Waals surface area contributed by atoms with Gasteiger partial charge in [0.15, 0.2) is 5.69 Å². The summed E-state index contributed by atoms with van der Waals surface area (Å²) in [7, 11) is 0. The van der Waals surface area contributed by atoms with Crippen LogP contribution in [-0.4, -0.2) is 22.6 Å². The van der Waals surface area contributed by atoms with Crippen LogP contribution in [0.3, 0.4) is 0 Å². The zero-order valence-corrected chi connectivity index (χ0v) is 7.08. The number of carboxylic acid groups (broad SMARTS) is 1. The second-order valence-electron chi connectivity index (χ2n) is 3.03. The number of aromatic carboxylic acids is 1. The predicted molar refractivity (Wildman–Crippen MR) is 48.0 cm³/mol. The van der Waals surface area contributed by atoms with Crippen molar-refractivity contribution in [2.75, 3.05) is 11.9 Å². The van der Waals surface area contributed by atoms with Gasteiger partial charge < -0.3 is 10.4 Å². The van der Waals surface area contributed by atoms with E-state index in [1.54, 1.807) is 6.20 Å². The molecule has 0 radical (unpaired) electrons. The van der Waals surface area contributed by atoms with Crippen LogP contribution in [0.2, 0.25) is 0 Å². The zero-order valence-electron chi connectivity index (χ0n) is 7.08. The van der Waals surface area contributed by atoms with Gasteiger partial charge in [-0.1, -0.05) is 0 Å². The second kappa shape index (κ2) is 3.05. The van der Waals surface area contributed by atoms with Gasteiger partial charge in [-0.25, -0.2) is 9.78 Å². The Hall–Kier alpha value is -1.58. The number of nitrogens with one attached hydrogen (secondary N) is 1. The van der Waals surface area contributed by atoms with Crippen LogP contribution in [0.5, 0.6) is 0 Å². The van der Waals surface area contributed by atoms with Gasteiger partial charge in [0.1, 0.15) is 0 Å². The molecule has 1 aliphatic rings. The van der Waals surface area contributed by atoms with Gasteiger partial charge in [0, 0.05) is 12.7 Å². The molecule has 0 spiro atoms. The predicted octanol–water partition coefficient (Wildman–Crippen LogP) is 1.14. The van der Waals surface area contributed by atoms with Crippen molar-refractivity contribution in [1.29, 1.82) is 0 Å². The highest BCUT2D eigenvalue weighted by atomic mass is 16.4. The molecule has 1 aliphatic heterocycles. The van der Waals surface area contributed by atoms with Gasteiger partial charge in [-0.2, -0.15) is 0 Å². The lowest BCUT2D eigenvalue weighted by Crippen LogP contribution is -2.16. The molecule has 2 N–H and O–H groups in total. The van der Waals surface area contributed by atoms with E-state index < -0.39 is 5.97 Å². The average molecular weight is 178 g/mol. The van der Waals surface area contributed by atoms with E-state index in [1.165, 1.54) is 0 Å². The molecular weight excluding hydrogens is 168 g/mol. The van der Waals surface area contributed by atoms with Gasteiger partial charge in [-0.15, -0.1) is 0 Å². The van der Waals surface area contributed by atoms with Gasteiger partial charge in [0.05, 0.1) is 5.69 Å². The monoisotopic (exact) mass is 178 g/mol. The van der Waals surface area contributed by atoms with E-state index in [0.717, 1.165) is 24.9 Å². The minimum absolute atomic E-state index is 0.136. The summed E-state index contributed by atoms with van der Waals surface area (Å²) >= 11 is 0. The highest BCUT2D eigenvalue weighted by molar-refractivity contribution is 5.92. The molecule has 68 valence electrons. The number of hydrogen-bond donors (Lipinski definition) is 2. The van der Waals surface area contributed by atoms with E-state index in [1.807, 2.05) is 6.07 Å². The Balaban J connectivity index is 2.52. The molecule has 2 heterocycles. The third-order valence-corrected chi connectivity index (χ3v) is 2.16. The molecule has 0 unspecified atom stereocenters. The molecule has 1 aromatic rings. The normalized spacial score (nSPS) is 14.5. The van der Waals surface area contributed by atoms with Gasteiger partial charge in [-0.05, 0) is 24.5 Å². The number of aryl methyl sites for hydroxylation is 1. The molecule has 0 saturated carbocycles. The molecule has 2 rings (SSSR count). The van der Waals surface area contributed by atoms with Crippen LogP contribution in [-0.2, 0) is 6.42 Å². The summed E-state index contributed by atoms with van der Waals surface area (Å²) in [5.41, 5.74) is 1.89. The number of aromatic nitrogens is 1. The van der Waals surface area contributed by atoms with E-state index in [-0.39, 0.29) is 5.69 Å². The van der Waals surface area contributed by atoms with Crippen LogP contribution >= 0.6 is 0 Å². The summed E-state index contributed by atoms with van der Waals surface area (Å²) in [5.74, 6) is -0.966. The highest BCUT2D eigenvalue weighted by Crippen LogP contribution is 2.23. The Morgan fingerprint density at radius 1 is 1.62 bits per heavy atom. The zero-order chi connectivity index (χ0) is 9.26. The van der Waals surface area contributed by atoms with Crippen LogP contribution in [0.25, 0.3) is 0 Å². The first-order chi connectivity index (χ1) is 6.29. The molecule has 13 heavy (non-hydrogen) atoms. The van der Waals surface area contributed by atoms with Crippen LogP contribution in [0.4, 0.5) is 5.69 Å². The topological polar surface area (TPSA) is 62.2 Å². The fourth-order valence-electron chi connectivity index (χ4n) is 1.56. The van der Waals surface area contributed by atoms with Crippen molar-refractivity contribution in [1.82, 2.24) is 4.98 Å². The molecule has 4 nitrogen and oxygen atoms in total. The summed E-state index contributed by atoms with van der Waals surface area (Å²) in [6.45, 7) is 0.832. The van der Waals surface area contributed by atoms with Crippen LogP contribution in [0, 0.1) is 0 Å². The first-order valence-corrected chi connectivity index (χ1v) is 4.24. The van der Waals surface area contributed by atoms with Crippen molar-refractivity contribution in [3.05, 3.63) is 23.5 Å². The number of carbonyl (C=O) groups is 1. The van der Waals surface area contributed by atoms with Gasteiger partial charge >= 0.3 is 5.97 Å². The number of hydrogen-bond acceptors (Lipinski definition) is 3. The third-order valence-electron chi connectivity index (χ3n) is 2.16. The SMILES string of the molecule is O=C(O)c1nccc2c1NCCC2. The Morgan fingerprint density at radius 2 is 2.46 bits per heavy atom. The fourth-order valence-corrected chi connectivity index (χ4v) is 1.56. The molecule has 0 saturated heterocycles. The summed E-state index contributed by atoms with van der Waals surface area (Å²) < 4.78 is 0. The second-order valence-corrected chi connectivity index (χ2v) is 3.03. The van der Waals surface area contributed by atoms with Crippen LogP contribution in [0.15, 0.2) is 12.3 Å². The first kappa shape index (κ1) is 8.04. The summed E-state index contributed by atoms with van der Waals surface area (Å²) in [5, 5.41) is 11.9. The number of fused-ring (bicyclic) bond motifs is 1. The molecule has 0 amide bonds. The number of carboxylic acids is 1. The van der Waals surface area contributed by atoms with Gasteiger partial charge in [0.2, 0.25) is 0 Å². The quantitative estimate of drug-likeness (QED) is 0.676. The molecule has 0 aliphatic carbocycles. The van der Waals surface area contributed by atoms with Crippen molar-refractivity contribution < 1.29 is 9.90 Å². The molecule has 0 aromatic carbocycles. The van der Waals surface area contributed by atoms with Crippen molar-refractivity contribution >= 4 is 11.7 Å². The smallest absolute Gasteiger partial charge is 0.356 e. The van der Waals surface area contributed by atoms with Crippen molar-refractivity contribution in [2.24, 2.45) is 0 Å². The third kappa shape index (κ3) is 1.35. The van der Waals surface area contributed by atoms with Crippen molar-refractivity contribution in [3.63, 3.8) is 0 Å². The van der Waals surface area contributed by atoms with Crippen molar-refractivity contribution in [3.8, 4) is 0 Å². The maximum atomic E-state index is 10.8. The maximum Gasteiger partial charge on any atom is 0.356 e. The van der Waals surface area contributed by atoms with E-state index in [2.05, 4.69) is 10.3 Å². The molecule has 0 bridgehead atoms. The highest BCUT2D eigenvalue weighted by Gasteiger charge is 2.17. The summed E-state index contributed by atoms with van der Waals surface area (Å²) in [6.07, 6.45) is 3.54. The Labute approximate surface area is 75.6 Å². The molecule has 0 atom stereocenters. The lowest BCUT2D eigenvalue weighted by molar-refractivity contribution is 0.0691. The number of anilines is 1. The van der Waals surface area contributed by atoms with E-state index in [0.29, 0.717) is 5.69 Å². The standard InChI is InChI=1S/C9H10N2O2/c12-9(13)8-7-6(3-5-11-8)2-1-4-10-7/h3,5,10H,1-2,4H2,(H,12,13). The fraction of sp³-hybridized carbons (Fsp3) is 0.333. The summed E-state index contributed by atoms with van der Waals surface area (Å²) in [4.78, 5) is 14.6. The average Bonchev–Trinajstić information content (AvgIpc) is 2.17. The largest absolute Gasteiger partial charge is 0.476 e. The number of pyridine rings is 1. The van der Waals surface area contributed by atoms with Crippen molar-refractivity contribution in [2.45, 2.75) is 12.8 Å². The molecule has 0 fully saturated rings. The number of rotatable bonds is 1. The number of nitrogens with zero attached hydrogens (tertiary/aromatic N) is 1. The van der Waals surface area contributed by atoms with Gasteiger partial charge in [0.25, 0.3) is 0 Å². The Kier molecular flexibility index (Phi) is 1.88. The van der Waals surface area contributed by atoms with Gasteiger partial charge in [-0.3, -0.25) is 0 Å². The first-order valence-electron chi connectivity index (χ1n) is 4.24. The lowest BCUT2D eigenvalue weighted by atomic mass is 10.0. The van der Waals surface area contributed by atoms with E-state index in [4.69, 9.17) is 5.11 Å². The lowest BCUT2D eigenvalue weighted by Gasteiger charge is -2.18. The Bertz CT molecular complexity index is 349. The Morgan fingerprint density at radius 3 is 3.23 bits per heavy atom. The molecule has 4 heteroatoms. The van der Waals surface area contributed by atoms with Crippen LogP contribution < -0.4 is 5.32 Å². The molecular formula is C9H10N2O2. The van der Waals surface area contributed by atoms with E-state index >= 15 is 0 Å². The van der Waals surface area contributed by atoms with Crippen LogP contribution in [0.1, 0.15) is 22.5 Å². The summed E-state index contributed by atoms with van der Waals surface area (Å²) in [6, 6.07) is 1.87. The minimum atomic E-state index is -0.966. The maximum absolute atomic E-state index is 10.8. The molecule has 1 aromatic heterocycles. The van der Waals surface area contributed by atoms with E-state index in [9.17, 15) is 4.79 Å². The minimum Gasteiger partial charge on any atom is -0.476 e.